The number of hydrogen-bond donors (Lipinski definition) is 1. The maximum absolute atomic E-state index is 11.5. The first kappa shape index (κ1) is 11.0. The Labute approximate surface area is 86.7 Å². The normalized spacial score (nSPS) is 11.7. The fourth-order valence-corrected chi connectivity index (χ4v) is 1.15. The van der Waals surface area contributed by atoms with E-state index in [9.17, 15) is 9.59 Å². The van der Waals surface area contributed by atoms with Gasteiger partial charge in [0.15, 0.2) is 0 Å². The molecule has 1 heterocycles. The first-order valence-corrected chi connectivity index (χ1v) is 4.45. The maximum Gasteiger partial charge on any atom is 0.268 e. The van der Waals surface area contributed by atoms with Gasteiger partial charge in [0.2, 0.25) is 5.91 Å². The lowest BCUT2D eigenvalue weighted by Gasteiger charge is -2.09. The Bertz CT molecular complexity index is 470. The van der Waals surface area contributed by atoms with E-state index in [1.165, 1.54) is 16.8 Å². The summed E-state index contributed by atoms with van der Waals surface area (Å²) in [6.45, 7) is 1.83. The quantitative estimate of drug-likeness (QED) is 0.743. The minimum atomic E-state index is -0.468. The first-order chi connectivity index (χ1) is 7.06. The Kier molecular flexibility index (Phi) is 3.24. The molecule has 0 saturated heterocycles. The van der Waals surface area contributed by atoms with Gasteiger partial charge in [0.05, 0.1) is 5.92 Å². The lowest BCUT2D eigenvalue weighted by atomic mass is 10.1. The van der Waals surface area contributed by atoms with Gasteiger partial charge in [0, 0.05) is 12.7 Å². The molecule has 0 radical (unpaired) electrons. The summed E-state index contributed by atoms with van der Waals surface area (Å²) in [5.41, 5.74) is 4.75. The lowest BCUT2D eigenvalue weighted by molar-refractivity contribution is -0.121. The van der Waals surface area contributed by atoms with Crippen LogP contribution in [0.5, 0.6) is 0 Å². The largest absolute Gasteiger partial charge is 0.369 e. The molecular formula is C10H11N3O2. The number of nitrogens with two attached hydrogens (primary N) is 1. The van der Waals surface area contributed by atoms with Crippen molar-refractivity contribution in [1.29, 1.82) is 5.26 Å². The van der Waals surface area contributed by atoms with Crippen molar-refractivity contribution in [1.82, 2.24) is 4.57 Å². The number of carbonyl (C=O) groups excluding carboxylic acids is 1. The van der Waals surface area contributed by atoms with E-state index in [0.29, 0.717) is 0 Å². The van der Waals surface area contributed by atoms with E-state index in [2.05, 4.69) is 0 Å². The number of nitriles is 1. The van der Waals surface area contributed by atoms with Crippen molar-refractivity contribution in [2.24, 2.45) is 11.7 Å². The Hall–Kier alpha value is -2.09. The van der Waals surface area contributed by atoms with Crippen LogP contribution in [0.3, 0.4) is 0 Å². The second-order valence-corrected chi connectivity index (χ2v) is 3.29. The molecule has 0 saturated carbocycles. The van der Waals surface area contributed by atoms with Crippen LogP contribution in [-0.4, -0.2) is 10.5 Å². The van der Waals surface area contributed by atoms with E-state index in [-0.39, 0.29) is 12.1 Å². The predicted molar refractivity (Wildman–Crippen MR) is 53.8 cm³/mol. The van der Waals surface area contributed by atoms with Crippen LogP contribution in [0, 0.1) is 17.2 Å². The second-order valence-electron chi connectivity index (χ2n) is 3.29. The molecule has 5 heteroatoms. The highest BCUT2D eigenvalue weighted by Crippen LogP contribution is 1.98. The molecule has 0 bridgehead atoms. The van der Waals surface area contributed by atoms with E-state index in [1.54, 1.807) is 19.1 Å². The molecule has 15 heavy (non-hydrogen) atoms. The summed E-state index contributed by atoms with van der Waals surface area (Å²) in [4.78, 5) is 22.4. The molecule has 0 aliphatic rings. The molecule has 2 N–H and O–H groups in total. The summed E-state index contributed by atoms with van der Waals surface area (Å²) in [5.74, 6) is -0.902. The van der Waals surface area contributed by atoms with Crippen LogP contribution in [0.4, 0.5) is 0 Å². The first-order valence-electron chi connectivity index (χ1n) is 4.45. The van der Waals surface area contributed by atoms with Crippen LogP contribution < -0.4 is 11.3 Å². The van der Waals surface area contributed by atoms with Crippen LogP contribution in [-0.2, 0) is 11.3 Å². The van der Waals surface area contributed by atoms with Crippen LogP contribution in [0.25, 0.3) is 0 Å². The van der Waals surface area contributed by atoms with Gasteiger partial charge in [0.25, 0.3) is 5.56 Å². The second kappa shape index (κ2) is 4.42. The van der Waals surface area contributed by atoms with E-state index in [0.717, 1.165) is 0 Å². The zero-order valence-corrected chi connectivity index (χ0v) is 8.30. The van der Waals surface area contributed by atoms with Gasteiger partial charge in [-0.25, -0.2) is 0 Å². The number of rotatable bonds is 3. The smallest absolute Gasteiger partial charge is 0.268 e. The van der Waals surface area contributed by atoms with Gasteiger partial charge in [0.1, 0.15) is 11.6 Å². The van der Waals surface area contributed by atoms with Crippen molar-refractivity contribution in [2.75, 3.05) is 0 Å². The molecule has 1 rings (SSSR count). The van der Waals surface area contributed by atoms with E-state index in [1.807, 2.05) is 0 Å². The number of nitrogens with zero attached hydrogens (tertiary/aromatic N) is 2. The molecule has 0 aromatic carbocycles. The molecule has 1 unspecified atom stereocenters. The summed E-state index contributed by atoms with van der Waals surface area (Å²) in [6.07, 6.45) is 1.53. The molecule has 1 aromatic rings. The Morgan fingerprint density at radius 2 is 2.40 bits per heavy atom. The average molecular weight is 205 g/mol. The topological polar surface area (TPSA) is 88.9 Å². The monoisotopic (exact) mass is 205 g/mol. The predicted octanol–water partition coefficient (Wildman–Crippen LogP) is -0.159. The van der Waals surface area contributed by atoms with E-state index < -0.39 is 17.4 Å². The lowest BCUT2D eigenvalue weighted by Crippen LogP contribution is -2.30. The maximum atomic E-state index is 11.5. The van der Waals surface area contributed by atoms with Crippen molar-refractivity contribution in [3.8, 4) is 6.07 Å². The average Bonchev–Trinajstić information content (AvgIpc) is 2.21. The summed E-state index contributed by atoms with van der Waals surface area (Å²) in [5, 5.41) is 8.63. The highest BCUT2D eigenvalue weighted by Gasteiger charge is 2.11. The number of carbonyl (C=O) groups is 1. The van der Waals surface area contributed by atoms with Crippen LogP contribution >= 0.6 is 0 Å². The molecule has 1 amide bonds. The molecular weight excluding hydrogens is 194 g/mol. The standard InChI is InChI=1S/C10H11N3O2/c1-7(9(12)14)6-13-4-2-3-8(5-11)10(13)15/h2-4,7H,6H2,1H3,(H2,12,14). The zero-order valence-electron chi connectivity index (χ0n) is 8.30. The fraction of sp³-hybridized carbons (Fsp3) is 0.300. The van der Waals surface area contributed by atoms with Crippen molar-refractivity contribution in [3.63, 3.8) is 0 Å². The van der Waals surface area contributed by atoms with Crippen molar-refractivity contribution < 1.29 is 4.79 Å². The van der Waals surface area contributed by atoms with Crippen LogP contribution in [0.15, 0.2) is 23.1 Å². The highest BCUT2D eigenvalue weighted by molar-refractivity contribution is 5.76. The third kappa shape index (κ3) is 2.44. The van der Waals surface area contributed by atoms with Crippen molar-refractivity contribution in [2.45, 2.75) is 13.5 Å². The number of aromatic nitrogens is 1. The van der Waals surface area contributed by atoms with Gasteiger partial charge < -0.3 is 10.3 Å². The minimum Gasteiger partial charge on any atom is -0.369 e. The number of pyridine rings is 1. The highest BCUT2D eigenvalue weighted by atomic mass is 16.1. The molecule has 78 valence electrons. The molecule has 5 nitrogen and oxygen atoms in total. The third-order valence-electron chi connectivity index (χ3n) is 2.10. The molecule has 0 aliphatic carbocycles. The molecule has 1 atom stereocenters. The van der Waals surface area contributed by atoms with Gasteiger partial charge in [-0.2, -0.15) is 5.26 Å². The zero-order chi connectivity index (χ0) is 11.4. The molecule has 0 aliphatic heterocycles. The summed E-state index contributed by atoms with van der Waals surface area (Å²) in [6, 6.07) is 4.82. The SMILES string of the molecule is CC(Cn1cccc(C#N)c1=O)C(N)=O. The Morgan fingerprint density at radius 1 is 1.73 bits per heavy atom. The number of hydrogen-bond acceptors (Lipinski definition) is 3. The van der Waals surface area contributed by atoms with E-state index >= 15 is 0 Å². The van der Waals surface area contributed by atoms with E-state index in [4.69, 9.17) is 11.0 Å². The van der Waals surface area contributed by atoms with Gasteiger partial charge >= 0.3 is 0 Å². The third-order valence-corrected chi connectivity index (χ3v) is 2.10. The van der Waals surface area contributed by atoms with Gasteiger partial charge in [-0.1, -0.05) is 6.92 Å². The molecule has 0 spiro atoms. The molecule has 1 aromatic heterocycles. The van der Waals surface area contributed by atoms with Gasteiger partial charge in [-0.05, 0) is 12.1 Å². The van der Waals surface area contributed by atoms with Crippen LogP contribution in [0.1, 0.15) is 12.5 Å². The van der Waals surface area contributed by atoms with Crippen molar-refractivity contribution >= 4 is 5.91 Å². The Balaban J connectivity index is 3.03. The number of amides is 1. The number of primary amides is 1. The summed E-state index contributed by atoms with van der Waals surface area (Å²) >= 11 is 0. The van der Waals surface area contributed by atoms with Gasteiger partial charge in [-0.15, -0.1) is 0 Å². The molecule has 0 fully saturated rings. The van der Waals surface area contributed by atoms with Crippen LogP contribution in [0.2, 0.25) is 0 Å². The fourth-order valence-electron chi connectivity index (χ4n) is 1.15. The minimum absolute atomic E-state index is 0.0640. The Morgan fingerprint density at radius 3 is 2.93 bits per heavy atom. The van der Waals surface area contributed by atoms with Gasteiger partial charge in [-0.3, -0.25) is 9.59 Å². The van der Waals surface area contributed by atoms with Crippen molar-refractivity contribution in [3.05, 3.63) is 34.2 Å². The summed E-state index contributed by atoms with van der Waals surface area (Å²) in [7, 11) is 0. The summed E-state index contributed by atoms with van der Waals surface area (Å²) < 4.78 is 1.31.